The summed E-state index contributed by atoms with van der Waals surface area (Å²) in [6.45, 7) is 15.0. The predicted octanol–water partition coefficient (Wildman–Crippen LogP) is 5.67. The predicted molar refractivity (Wildman–Crippen MR) is 129 cm³/mol. The molecular weight excluding hydrogens is 400 g/mol. The van der Waals surface area contributed by atoms with E-state index in [4.69, 9.17) is 9.47 Å². The van der Waals surface area contributed by atoms with Crippen LogP contribution >= 0.6 is 0 Å². The third-order valence-electron chi connectivity index (χ3n) is 4.66. The molecule has 0 N–H and O–H groups in total. The largest absolute Gasteiger partial charge is 0.423 e. The number of carbonyl (C=O) groups is 2. The van der Waals surface area contributed by atoms with Crippen LogP contribution in [0.25, 0.3) is 0 Å². The molecule has 4 heteroatoms. The van der Waals surface area contributed by atoms with Gasteiger partial charge in [0, 0.05) is 23.3 Å². The highest BCUT2D eigenvalue weighted by Crippen LogP contribution is 2.26. The highest BCUT2D eigenvalue weighted by Gasteiger charge is 2.13. The molecular formula is C28H28O4. The van der Waals surface area contributed by atoms with Crippen molar-refractivity contribution < 1.29 is 19.1 Å². The molecule has 0 aromatic heterocycles. The van der Waals surface area contributed by atoms with Gasteiger partial charge in [-0.15, -0.1) is 26.3 Å². The van der Waals surface area contributed by atoms with E-state index in [1.807, 2.05) is 24.3 Å². The molecule has 0 spiro atoms. The number of benzene rings is 2. The third kappa shape index (κ3) is 6.81. The van der Waals surface area contributed by atoms with E-state index in [0.717, 1.165) is 34.4 Å². The van der Waals surface area contributed by atoms with E-state index in [-0.39, 0.29) is 0 Å². The molecule has 0 radical (unpaired) electrons. The summed E-state index contributed by atoms with van der Waals surface area (Å²) in [6.07, 6.45) is 11.6. The maximum absolute atomic E-state index is 12.3. The van der Waals surface area contributed by atoms with Gasteiger partial charge in [-0.25, -0.2) is 9.59 Å². The van der Waals surface area contributed by atoms with Crippen molar-refractivity contribution in [2.45, 2.75) is 25.7 Å². The number of ether oxygens (including phenoxy) is 2. The molecule has 2 aromatic carbocycles. The van der Waals surface area contributed by atoms with Crippen LogP contribution in [0, 0.1) is 0 Å². The maximum Gasteiger partial charge on any atom is 0.336 e. The first kappa shape index (κ1) is 24.4. The van der Waals surface area contributed by atoms with Crippen LogP contribution in [0.1, 0.15) is 22.3 Å². The minimum absolute atomic E-state index is 0.428. The Balaban J connectivity index is 2.13. The highest BCUT2D eigenvalue weighted by atomic mass is 16.5. The van der Waals surface area contributed by atoms with E-state index in [2.05, 4.69) is 26.3 Å². The Morgan fingerprint density at radius 1 is 0.625 bits per heavy atom. The van der Waals surface area contributed by atoms with Crippen LogP contribution in [0.5, 0.6) is 11.5 Å². The van der Waals surface area contributed by atoms with Gasteiger partial charge < -0.3 is 9.47 Å². The molecule has 0 bridgehead atoms. The van der Waals surface area contributed by atoms with Crippen LogP contribution in [0.15, 0.2) is 99.2 Å². The number of hydrogen-bond donors (Lipinski definition) is 0. The van der Waals surface area contributed by atoms with Gasteiger partial charge in [-0.05, 0) is 48.9 Å². The van der Waals surface area contributed by atoms with Crippen molar-refractivity contribution in [3.05, 3.63) is 121 Å². The first-order chi connectivity index (χ1) is 15.5. The minimum atomic E-state index is -0.672. The van der Waals surface area contributed by atoms with Gasteiger partial charge in [-0.1, -0.05) is 48.6 Å². The molecule has 0 aliphatic heterocycles. The van der Waals surface area contributed by atoms with Crippen LogP contribution in [0.3, 0.4) is 0 Å². The lowest BCUT2D eigenvalue weighted by atomic mass is 10.0. The molecule has 0 heterocycles. The van der Waals surface area contributed by atoms with Gasteiger partial charge in [0.15, 0.2) is 0 Å². The fraction of sp³-hybridized carbons (Fsp3) is 0.143. The summed E-state index contributed by atoms with van der Waals surface area (Å²) in [5.41, 5.74) is 3.73. The SMILES string of the molecule is C=CCc1cccc(OC(=O)/C=C/C(=O)Oc2cccc(CC=C)c2CC=C)c1CC=C. The molecule has 0 unspecified atom stereocenters. The van der Waals surface area contributed by atoms with Crippen LogP contribution in [-0.2, 0) is 35.3 Å². The summed E-state index contributed by atoms with van der Waals surface area (Å²) >= 11 is 0. The second kappa shape index (κ2) is 12.7. The Morgan fingerprint density at radius 3 is 1.34 bits per heavy atom. The van der Waals surface area contributed by atoms with Gasteiger partial charge in [-0.3, -0.25) is 0 Å². The normalized spacial score (nSPS) is 10.4. The minimum Gasteiger partial charge on any atom is -0.423 e. The van der Waals surface area contributed by atoms with Crippen molar-refractivity contribution in [3.8, 4) is 11.5 Å². The van der Waals surface area contributed by atoms with E-state index < -0.39 is 11.9 Å². The molecule has 0 atom stereocenters. The Labute approximate surface area is 189 Å². The lowest BCUT2D eigenvalue weighted by Gasteiger charge is -2.12. The quantitative estimate of drug-likeness (QED) is 0.189. The van der Waals surface area contributed by atoms with E-state index in [0.29, 0.717) is 37.2 Å². The lowest BCUT2D eigenvalue weighted by molar-refractivity contribution is -0.131. The van der Waals surface area contributed by atoms with Crippen LogP contribution in [0.4, 0.5) is 0 Å². The fourth-order valence-electron chi connectivity index (χ4n) is 3.28. The second-order valence-electron chi connectivity index (χ2n) is 6.93. The van der Waals surface area contributed by atoms with Crippen molar-refractivity contribution in [1.29, 1.82) is 0 Å². The molecule has 32 heavy (non-hydrogen) atoms. The van der Waals surface area contributed by atoms with Crippen LogP contribution < -0.4 is 9.47 Å². The maximum atomic E-state index is 12.3. The van der Waals surface area contributed by atoms with E-state index in [1.165, 1.54) is 0 Å². The summed E-state index contributed by atoms with van der Waals surface area (Å²) in [5, 5.41) is 0. The van der Waals surface area contributed by atoms with Crippen molar-refractivity contribution in [3.63, 3.8) is 0 Å². The standard InChI is InChI=1S/C28H28O4/c1-5-11-21-15-9-17-25(23(21)13-7-3)31-27(29)19-20-28(30)32-26-18-10-16-22(12-6-2)24(26)14-8-4/h5-10,15-20H,1-4,11-14H2/b20-19+. The molecule has 0 aliphatic carbocycles. The van der Waals surface area contributed by atoms with Crippen LogP contribution in [0.2, 0.25) is 0 Å². The number of esters is 2. The van der Waals surface area contributed by atoms with Gasteiger partial charge in [0.05, 0.1) is 0 Å². The van der Waals surface area contributed by atoms with Crippen molar-refractivity contribution in [1.82, 2.24) is 0 Å². The smallest absolute Gasteiger partial charge is 0.336 e. The molecule has 4 nitrogen and oxygen atoms in total. The van der Waals surface area contributed by atoms with Gasteiger partial charge in [-0.2, -0.15) is 0 Å². The number of rotatable bonds is 12. The lowest BCUT2D eigenvalue weighted by Crippen LogP contribution is -2.11. The second-order valence-corrected chi connectivity index (χ2v) is 6.93. The van der Waals surface area contributed by atoms with E-state index in [9.17, 15) is 9.59 Å². The molecule has 0 amide bonds. The zero-order valence-corrected chi connectivity index (χ0v) is 18.2. The van der Waals surface area contributed by atoms with Gasteiger partial charge in [0.2, 0.25) is 0 Å². The Bertz CT molecular complexity index is 960. The first-order valence-corrected chi connectivity index (χ1v) is 10.3. The number of carbonyl (C=O) groups excluding carboxylic acids is 2. The summed E-state index contributed by atoms with van der Waals surface area (Å²) in [5.74, 6) is -0.486. The van der Waals surface area contributed by atoms with Crippen molar-refractivity contribution >= 4 is 11.9 Å². The Kier molecular flexibility index (Phi) is 9.67. The molecule has 2 aromatic rings. The molecule has 0 fully saturated rings. The monoisotopic (exact) mass is 428 g/mol. The number of allylic oxidation sites excluding steroid dienone is 4. The highest BCUT2D eigenvalue weighted by molar-refractivity contribution is 5.93. The molecule has 164 valence electrons. The molecule has 0 saturated heterocycles. The topological polar surface area (TPSA) is 52.6 Å². The average Bonchev–Trinajstić information content (AvgIpc) is 2.77. The Morgan fingerprint density at radius 2 is 1.00 bits per heavy atom. The van der Waals surface area contributed by atoms with Gasteiger partial charge >= 0.3 is 11.9 Å². The molecule has 0 saturated carbocycles. The van der Waals surface area contributed by atoms with E-state index >= 15 is 0 Å². The fourth-order valence-corrected chi connectivity index (χ4v) is 3.28. The first-order valence-electron chi connectivity index (χ1n) is 10.3. The summed E-state index contributed by atoms with van der Waals surface area (Å²) in [4.78, 5) is 24.6. The summed E-state index contributed by atoms with van der Waals surface area (Å²) in [7, 11) is 0. The number of hydrogen-bond acceptors (Lipinski definition) is 4. The van der Waals surface area contributed by atoms with Gasteiger partial charge in [0.1, 0.15) is 11.5 Å². The summed E-state index contributed by atoms with van der Waals surface area (Å²) < 4.78 is 10.9. The Hall–Kier alpha value is -3.92. The zero-order chi connectivity index (χ0) is 23.3. The third-order valence-corrected chi connectivity index (χ3v) is 4.66. The molecule has 0 aliphatic rings. The van der Waals surface area contributed by atoms with E-state index in [1.54, 1.807) is 36.4 Å². The van der Waals surface area contributed by atoms with Gasteiger partial charge in [0.25, 0.3) is 0 Å². The van der Waals surface area contributed by atoms with Crippen molar-refractivity contribution in [2.24, 2.45) is 0 Å². The van der Waals surface area contributed by atoms with Crippen LogP contribution in [-0.4, -0.2) is 11.9 Å². The van der Waals surface area contributed by atoms with Crippen molar-refractivity contribution in [2.75, 3.05) is 0 Å². The zero-order valence-electron chi connectivity index (χ0n) is 18.2. The summed E-state index contributed by atoms with van der Waals surface area (Å²) in [6, 6.07) is 10.9. The average molecular weight is 429 g/mol. The molecule has 2 rings (SSSR count).